The molecule has 1 aliphatic heterocycles. The Morgan fingerprint density at radius 1 is 0.971 bits per heavy atom. The Kier molecular flexibility index (Phi) is 5.65. The van der Waals surface area contributed by atoms with Gasteiger partial charge in [-0.2, -0.15) is 0 Å². The zero-order valence-electron chi connectivity index (χ0n) is 18.8. The van der Waals surface area contributed by atoms with Gasteiger partial charge in [0.05, 0.1) is 21.3 Å². The number of para-hydroxylation sites is 3. The van der Waals surface area contributed by atoms with E-state index < -0.39 is 0 Å². The Morgan fingerprint density at radius 3 is 2.56 bits per heavy atom. The third-order valence-electron chi connectivity index (χ3n) is 6.67. The Morgan fingerprint density at radius 2 is 1.74 bits per heavy atom. The van der Waals surface area contributed by atoms with Gasteiger partial charge in [-0.25, -0.2) is 9.78 Å². The number of H-pyrrole nitrogens is 1. The predicted octanol–water partition coefficient (Wildman–Crippen LogP) is 5.61. The highest BCUT2D eigenvalue weighted by molar-refractivity contribution is 7.20. The summed E-state index contributed by atoms with van der Waals surface area (Å²) in [6.07, 6.45) is 2.99. The van der Waals surface area contributed by atoms with Crippen LogP contribution >= 0.6 is 11.3 Å². The fourth-order valence-corrected chi connectivity index (χ4v) is 5.68. The second-order valence-corrected chi connectivity index (χ2v) is 9.83. The summed E-state index contributed by atoms with van der Waals surface area (Å²) in [6, 6.07) is 24.6. The molecule has 0 saturated carbocycles. The van der Waals surface area contributed by atoms with Crippen LogP contribution in [0.4, 0.5) is 0 Å². The summed E-state index contributed by atoms with van der Waals surface area (Å²) in [5.41, 5.74) is 4.21. The van der Waals surface area contributed by atoms with Crippen molar-refractivity contribution in [2.24, 2.45) is 0 Å². The van der Waals surface area contributed by atoms with Crippen LogP contribution in [0.15, 0.2) is 77.6 Å². The molecule has 0 radical (unpaired) electrons. The molecule has 0 atom stereocenters. The van der Waals surface area contributed by atoms with Gasteiger partial charge in [-0.05, 0) is 61.2 Å². The number of nitrogens with zero attached hydrogens (tertiary/aromatic N) is 3. The van der Waals surface area contributed by atoms with Crippen LogP contribution in [-0.2, 0) is 6.42 Å². The molecule has 172 valence electrons. The topological polar surface area (TPSA) is 63.2 Å². The van der Waals surface area contributed by atoms with Gasteiger partial charge in [0.2, 0.25) is 0 Å². The van der Waals surface area contributed by atoms with Crippen molar-refractivity contribution in [1.82, 2.24) is 19.4 Å². The minimum Gasteiger partial charge on any atom is -0.431 e. The number of ether oxygens (including phenoxy) is 1. The number of benzene rings is 3. The van der Waals surface area contributed by atoms with Crippen molar-refractivity contribution in [3.8, 4) is 10.9 Å². The molecule has 1 aliphatic rings. The normalized spacial score (nSPS) is 15.3. The fraction of sp³-hybridized carbons (Fsp3) is 0.259. The number of imidazole rings is 1. The third-order valence-corrected chi connectivity index (χ3v) is 7.58. The van der Waals surface area contributed by atoms with Crippen molar-refractivity contribution in [3.05, 3.63) is 88.8 Å². The smallest absolute Gasteiger partial charge is 0.326 e. The van der Waals surface area contributed by atoms with Crippen LogP contribution < -0.4 is 10.4 Å². The molecule has 7 heteroatoms. The van der Waals surface area contributed by atoms with E-state index in [1.54, 1.807) is 11.3 Å². The first-order valence-corrected chi connectivity index (χ1v) is 12.6. The van der Waals surface area contributed by atoms with Crippen LogP contribution in [0.3, 0.4) is 0 Å². The SMILES string of the molecule is O=c1[nH]c2ccccc2n1C1CCN(CCc2ccc(Oc3nc4ccccc4s3)cc2)CC1. The first-order valence-electron chi connectivity index (χ1n) is 11.8. The first-order chi connectivity index (χ1) is 16.7. The third kappa shape index (κ3) is 4.24. The number of hydrogen-bond donors (Lipinski definition) is 1. The number of thiazole rings is 1. The number of likely N-dealkylation sites (tertiary alicyclic amines) is 1. The lowest BCUT2D eigenvalue weighted by molar-refractivity contribution is 0.188. The standard InChI is InChI=1S/C27H26N4O2S/c32-26-28-22-5-1-3-7-24(22)31(26)20-14-17-30(18-15-20)16-13-19-9-11-21(12-10-19)33-27-29-23-6-2-4-8-25(23)34-27/h1-12,20H,13-18H2,(H,28,32). The summed E-state index contributed by atoms with van der Waals surface area (Å²) >= 11 is 1.56. The van der Waals surface area contributed by atoms with E-state index in [2.05, 4.69) is 33.1 Å². The van der Waals surface area contributed by atoms with Crippen molar-refractivity contribution in [3.63, 3.8) is 0 Å². The maximum atomic E-state index is 12.5. The van der Waals surface area contributed by atoms with Crippen molar-refractivity contribution in [2.45, 2.75) is 25.3 Å². The van der Waals surface area contributed by atoms with Crippen LogP contribution in [0.2, 0.25) is 0 Å². The molecule has 6 rings (SSSR count). The molecule has 0 bridgehead atoms. The van der Waals surface area contributed by atoms with Crippen LogP contribution in [0.25, 0.3) is 21.3 Å². The van der Waals surface area contributed by atoms with E-state index in [0.717, 1.165) is 65.9 Å². The van der Waals surface area contributed by atoms with Crippen molar-refractivity contribution < 1.29 is 4.74 Å². The molecular weight excluding hydrogens is 444 g/mol. The number of aromatic amines is 1. The van der Waals surface area contributed by atoms with Crippen molar-refractivity contribution in [2.75, 3.05) is 19.6 Å². The molecule has 0 amide bonds. The Labute approximate surface area is 201 Å². The largest absolute Gasteiger partial charge is 0.431 e. The van der Waals surface area contributed by atoms with E-state index in [9.17, 15) is 4.79 Å². The van der Waals surface area contributed by atoms with Crippen LogP contribution in [0.1, 0.15) is 24.4 Å². The molecule has 0 aliphatic carbocycles. The lowest BCUT2D eigenvalue weighted by Gasteiger charge is -2.32. The number of hydrogen-bond acceptors (Lipinski definition) is 5. The van der Waals surface area contributed by atoms with Crippen LogP contribution in [0.5, 0.6) is 10.9 Å². The molecule has 34 heavy (non-hydrogen) atoms. The number of piperidine rings is 1. The Balaban J connectivity index is 1.03. The van der Waals surface area contributed by atoms with Gasteiger partial charge in [-0.15, -0.1) is 0 Å². The minimum atomic E-state index is 0.00723. The number of nitrogens with one attached hydrogen (secondary N) is 1. The van der Waals surface area contributed by atoms with E-state index in [4.69, 9.17) is 4.74 Å². The van der Waals surface area contributed by atoms with Gasteiger partial charge in [0.15, 0.2) is 0 Å². The van der Waals surface area contributed by atoms with Gasteiger partial charge in [-0.1, -0.05) is 47.7 Å². The fourth-order valence-electron chi connectivity index (χ4n) is 4.84. The second kappa shape index (κ2) is 9.08. The van der Waals surface area contributed by atoms with E-state index >= 15 is 0 Å². The van der Waals surface area contributed by atoms with Gasteiger partial charge >= 0.3 is 5.69 Å². The van der Waals surface area contributed by atoms with E-state index in [0.29, 0.717) is 5.19 Å². The number of fused-ring (bicyclic) bond motifs is 2. The van der Waals surface area contributed by atoms with Crippen molar-refractivity contribution in [1.29, 1.82) is 0 Å². The maximum absolute atomic E-state index is 12.5. The van der Waals surface area contributed by atoms with E-state index in [-0.39, 0.29) is 11.7 Å². The Hall–Kier alpha value is -3.42. The maximum Gasteiger partial charge on any atom is 0.326 e. The lowest BCUT2D eigenvalue weighted by atomic mass is 10.0. The first kappa shape index (κ1) is 21.1. The molecule has 0 spiro atoms. The molecule has 1 N–H and O–H groups in total. The minimum absolute atomic E-state index is 0.00723. The molecule has 3 heterocycles. The quantitative estimate of drug-likeness (QED) is 0.350. The molecule has 1 saturated heterocycles. The average Bonchev–Trinajstić information content (AvgIpc) is 3.43. The average molecular weight is 471 g/mol. The molecule has 2 aromatic heterocycles. The van der Waals surface area contributed by atoms with Gasteiger partial charge < -0.3 is 14.6 Å². The second-order valence-electron chi connectivity index (χ2n) is 8.83. The predicted molar refractivity (Wildman–Crippen MR) is 137 cm³/mol. The van der Waals surface area contributed by atoms with Gasteiger partial charge in [0.1, 0.15) is 5.75 Å². The summed E-state index contributed by atoms with van der Waals surface area (Å²) in [5, 5.41) is 0.672. The monoisotopic (exact) mass is 470 g/mol. The summed E-state index contributed by atoms with van der Waals surface area (Å²) in [6.45, 7) is 3.04. The molecule has 1 fully saturated rings. The highest BCUT2D eigenvalue weighted by Crippen LogP contribution is 2.31. The zero-order valence-corrected chi connectivity index (χ0v) is 19.6. The number of rotatable bonds is 6. The lowest BCUT2D eigenvalue weighted by Crippen LogP contribution is -2.37. The van der Waals surface area contributed by atoms with Gasteiger partial charge in [-0.3, -0.25) is 4.57 Å². The highest BCUT2D eigenvalue weighted by atomic mass is 32.1. The zero-order chi connectivity index (χ0) is 22.9. The summed E-state index contributed by atoms with van der Waals surface area (Å²) in [5.74, 6) is 0.813. The molecular formula is C27H26N4O2S. The molecule has 0 unspecified atom stereocenters. The highest BCUT2D eigenvalue weighted by Gasteiger charge is 2.23. The van der Waals surface area contributed by atoms with Crippen LogP contribution in [-0.4, -0.2) is 39.1 Å². The molecule has 3 aromatic carbocycles. The summed E-state index contributed by atoms with van der Waals surface area (Å²) in [4.78, 5) is 22.5. The number of aromatic nitrogens is 3. The molecule has 5 aromatic rings. The van der Waals surface area contributed by atoms with Gasteiger partial charge in [0, 0.05) is 25.7 Å². The Bertz CT molecular complexity index is 1440. The summed E-state index contributed by atoms with van der Waals surface area (Å²) < 4.78 is 9.05. The summed E-state index contributed by atoms with van der Waals surface area (Å²) in [7, 11) is 0. The van der Waals surface area contributed by atoms with E-state index in [1.807, 2.05) is 59.2 Å². The van der Waals surface area contributed by atoms with Crippen molar-refractivity contribution >= 4 is 32.6 Å². The van der Waals surface area contributed by atoms with Crippen LogP contribution in [0, 0.1) is 0 Å². The molecule has 6 nitrogen and oxygen atoms in total. The van der Waals surface area contributed by atoms with Gasteiger partial charge in [0.25, 0.3) is 5.19 Å². The van der Waals surface area contributed by atoms with E-state index in [1.165, 1.54) is 5.56 Å².